The smallest absolute Gasteiger partial charge is 0.249 e. The first-order valence-electron chi connectivity index (χ1n) is 3.46. The Morgan fingerprint density at radius 2 is 2.10 bits per heavy atom. The number of ketones is 1. The molecule has 0 heterocycles. The highest BCUT2D eigenvalue weighted by atomic mass is 19.3. The molecular formula is C7H10F2O. The van der Waals surface area contributed by atoms with Crippen LogP contribution in [0.15, 0.2) is 0 Å². The maximum Gasteiger partial charge on any atom is 0.249 e. The van der Waals surface area contributed by atoms with Gasteiger partial charge in [0.1, 0.15) is 5.78 Å². The monoisotopic (exact) mass is 148 g/mol. The van der Waals surface area contributed by atoms with E-state index in [1.807, 2.05) is 0 Å². The third-order valence-corrected chi connectivity index (χ3v) is 1.89. The molecule has 0 saturated heterocycles. The standard InChI is InChI=1S/C7H10F2O/c1-2-6(10)5-3-7(8,9)4-5/h5H,2-4H2,1H3. The molecule has 1 saturated carbocycles. The fourth-order valence-electron chi connectivity index (χ4n) is 1.18. The molecule has 0 atom stereocenters. The van der Waals surface area contributed by atoms with Gasteiger partial charge in [0.2, 0.25) is 5.92 Å². The summed E-state index contributed by atoms with van der Waals surface area (Å²) >= 11 is 0. The summed E-state index contributed by atoms with van der Waals surface area (Å²) in [5.41, 5.74) is 0. The molecule has 58 valence electrons. The number of rotatable bonds is 2. The Kier molecular flexibility index (Phi) is 1.75. The molecule has 0 aromatic carbocycles. The van der Waals surface area contributed by atoms with Gasteiger partial charge < -0.3 is 0 Å². The number of Topliss-reactive ketones (excluding diaryl/α,β-unsaturated/α-hetero) is 1. The molecule has 0 unspecified atom stereocenters. The summed E-state index contributed by atoms with van der Waals surface area (Å²) in [6, 6.07) is 0. The second-order valence-corrected chi connectivity index (χ2v) is 2.78. The van der Waals surface area contributed by atoms with Crippen molar-refractivity contribution in [1.82, 2.24) is 0 Å². The quantitative estimate of drug-likeness (QED) is 0.585. The molecule has 1 aliphatic carbocycles. The highest BCUT2D eigenvalue weighted by Gasteiger charge is 2.47. The highest BCUT2D eigenvalue weighted by Crippen LogP contribution is 2.42. The predicted molar refractivity (Wildman–Crippen MR) is 33.0 cm³/mol. The van der Waals surface area contributed by atoms with Crippen LogP contribution in [0, 0.1) is 5.92 Å². The topological polar surface area (TPSA) is 17.1 Å². The van der Waals surface area contributed by atoms with E-state index < -0.39 is 5.92 Å². The lowest BCUT2D eigenvalue weighted by Gasteiger charge is -2.33. The Balaban J connectivity index is 2.33. The van der Waals surface area contributed by atoms with Crippen LogP contribution in [0.1, 0.15) is 26.2 Å². The van der Waals surface area contributed by atoms with E-state index in [1.165, 1.54) is 0 Å². The Morgan fingerprint density at radius 3 is 2.40 bits per heavy atom. The minimum atomic E-state index is -2.55. The third-order valence-electron chi connectivity index (χ3n) is 1.89. The molecule has 0 aromatic rings. The molecule has 0 bridgehead atoms. The molecule has 0 N–H and O–H groups in total. The van der Waals surface area contributed by atoms with Crippen molar-refractivity contribution in [1.29, 1.82) is 0 Å². The van der Waals surface area contributed by atoms with E-state index in [-0.39, 0.29) is 24.5 Å². The number of halogens is 2. The Morgan fingerprint density at radius 1 is 1.60 bits per heavy atom. The van der Waals surface area contributed by atoms with Crippen molar-refractivity contribution < 1.29 is 13.6 Å². The van der Waals surface area contributed by atoms with Gasteiger partial charge >= 0.3 is 0 Å². The van der Waals surface area contributed by atoms with Crippen LogP contribution >= 0.6 is 0 Å². The lowest BCUT2D eigenvalue weighted by Crippen LogP contribution is -2.39. The van der Waals surface area contributed by atoms with Crippen LogP contribution in [0.2, 0.25) is 0 Å². The van der Waals surface area contributed by atoms with Crippen LogP contribution in [-0.2, 0) is 4.79 Å². The van der Waals surface area contributed by atoms with Gasteiger partial charge in [-0.1, -0.05) is 6.92 Å². The summed E-state index contributed by atoms with van der Waals surface area (Å²) in [5, 5.41) is 0. The first-order valence-corrected chi connectivity index (χ1v) is 3.46. The molecule has 0 radical (unpaired) electrons. The second kappa shape index (κ2) is 2.29. The maximum absolute atomic E-state index is 12.1. The minimum Gasteiger partial charge on any atom is -0.299 e. The van der Waals surface area contributed by atoms with E-state index in [0.29, 0.717) is 6.42 Å². The molecule has 3 heteroatoms. The van der Waals surface area contributed by atoms with E-state index in [0.717, 1.165) is 0 Å². The van der Waals surface area contributed by atoms with Gasteiger partial charge in [0.05, 0.1) is 0 Å². The zero-order valence-corrected chi connectivity index (χ0v) is 5.86. The molecule has 10 heavy (non-hydrogen) atoms. The van der Waals surface area contributed by atoms with Gasteiger partial charge in [-0.05, 0) is 0 Å². The summed E-state index contributed by atoms with van der Waals surface area (Å²) in [5.74, 6) is -2.92. The summed E-state index contributed by atoms with van der Waals surface area (Å²) in [4.78, 5) is 10.7. The first kappa shape index (κ1) is 7.63. The van der Waals surface area contributed by atoms with Gasteiger partial charge in [-0.15, -0.1) is 0 Å². The normalized spacial score (nSPS) is 23.9. The van der Waals surface area contributed by atoms with Crippen molar-refractivity contribution >= 4 is 5.78 Å². The van der Waals surface area contributed by atoms with Gasteiger partial charge in [-0.25, -0.2) is 8.78 Å². The van der Waals surface area contributed by atoms with Crippen molar-refractivity contribution in [3.63, 3.8) is 0 Å². The molecule has 0 amide bonds. The number of alkyl halides is 2. The average molecular weight is 148 g/mol. The molecule has 0 aliphatic heterocycles. The van der Waals surface area contributed by atoms with Crippen LogP contribution in [0.5, 0.6) is 0 Å². The van der Waals surface area contributed by atoms with Gasteiger partial charge in [-0.3, -0.25) is 4.79 Å². The Hall–Kier alpha value is -0.470. The van der Waals surface area contributed by atoms with Crippen molar-refractivity contribution in [2.75, 3.05) is 0 Å². The minimum absolute atomic E-state index is 0.0223. The second-order valence-electron chi connectivity index (χ2n) is 2.78. The largest absolute Gasteiger partial charge is 0.299 e. The third kappa shape index (κ3) is 1.33. The van der Waals surface area contributed by atoms with Crippen LogP contribution in [0.25, 0.3) is 0 Å². The van der Waals surface area contributed by atoms with Crippen LogP contribution in [0.4, 0.5) is 8.78 Å². The van der Waals surface area contributed by atoms with Crippen LogP contribution in [-0.4, -0.2) is 11.7 Å². The van der Waals surface area contributed by atoms with Gasteiger partial charge in [0.25, 0.3) is 0 Å². The number of hydrogen-bond acceptors (Lipinski definition) is 1. The number of carbonyl (C=O) groups excluding carboxylic acids is 1. The molecule has 0 aromatic heterocycles. The predicted octanol–water partition coefficient (Wildman–Crippen LogP) is 2.01. The van der Waals surface area contributed by atoms with Crippen LogP contribution in [0.3, 0.4) is 0 Å². The van der Waals surface area contributed by atoms with E-state index in [1.54, 1.807) is 6.92 Å². The van der Waals surface area contributed by atoms with E-state index in [9.17, 15) is 13.6 Å². The van der Waals surface area contributed by atoms with Crippen molar-refractivity contribution in [3.8, 4) is 0 Å². The van der Waals surface area contributed by atoms with Crippen LogP contribution < -0.4 is 0 Å². The van der Waals surface area contributed by atoms with E-state index in [2.05, 4.69) is 0 Å². The maximum atomic E-state index is 12.1. The lowest BCUT2D eigenvalue weighted by molar-refractivity contribution is -0.147. The van der Waals surface area contributed by atoms with E-state index in [4.69, 9.17) is 0 Å². The SMILES string of the molecule is CCC(=O)C1CC(F)(F)C1. The summed E-state index contributed by atoms with van der Waals surface area (Å²) in [6.45, 7) is 1.71. The average Bonchev–Trinajstić information content (AvgIpc) is 1.81. The van der Waals surface area contributed by atoms with Gasteiger partial charge in [-0.2, -0.15) is 0 Å². The van der Waals surface area contributed by atoms with Crippen molar-refractivity contribution in [2.45, 2.75) is 32.1 Å². The van der Waals surface area contributed by atoms with Crippen molar-refractivity contribution in [2.24, 2.45) is 5.92 Å². The number of hydrogen-bond donors (Lipinski definition) is 0. The fourth-order valence-corrected chi connectivity index (χ4v) is 1.18. The summed E-state index contributed by atoms with van der Waals surface area (Å²) in [6.07, 6.45) is -0.0555. The van der Waals surface area contributed by atoms with Gasteiger partial charge in [0, 0.05) is 25.2 Å². The molecule has 1 aliphatic rings. The fraction of sp³-hybridized carbons (Fsp3) is 0.857. The summed E-state index contributed by atoms with van der Waals surface area (Å²) in [7, 11) is 0. The van der Waals surface area contributed by atoms with E-state index >= 15 is 0 Å². The number of carbonyl (C=O) groups is 1. The molecule has 1 rings (SSSR count). The zero-order chi connectivity index (χ0) is 7.78. The Bertz CT molecular complexity index is 146. The van der Waals surface area contributed by atoms with Crippen molar-refractivity contribution in [3.05, 3.63) is 0 Å². The molecule has 0 spiro atoms. The molecule has 1 fully saturated rings. The van der Waals surface area contributed by atoms with Gasteiger partial charge in [0.15, 0.2) is 0 Å². The zero-order valence-electron chi connectivity index (χ0n) is 5.86. The summed E-state index contributed by atoms with van der Waals surface area (Å²) < 4.78 is 24.3. The first-order chi connectivity index (χ1) is 4.55. The Labute approximate surface area is 58.4 Å². The molecule has 1 nitrogen and oxygen atoms in total. The highest BCUT2D eigenvalue weighted by molar-refractivity contribution is 5.81. The molecular weight excluding hydrogens is 138 g/mol. The lowest BCUT2D eigenvalue weighted by atomic mass is 9.78.